The maximum Gasteiger partial charge on any atom is 0.317 e. The molecule has 1 saturated carbocycles. The van der Waals surface area contributed by atoms with Gasteiger partial charge in [0.15, 0.2) is 0 Å². The Balaban J connectivity index is 1.51. The summed E-state index contributed by atoms with van der Waals surface area (Å²) in [6.45, 7) is 2.81. The fourth-order valence-corrected chi connectivity index (χ4v) is 4.80. The Kier molecular flexibility index (Phi) is 7.07. The Hall–Kier alpha value is -3.02. The van der Waals surface area contributed by atoms with E-state index in [2.05, 4.69) is 32.4 Å². The van der Waals surface area contributed by atoms with Crippen LogP contribution in [0.15, 0.2) is 65.8 Å². The van der Waals surface area contributed by atoms with Crippen LogP contribution >= 0.6 is 0 Å². The SMILES string of the molecule is [N-]=[N+]=N[C@@H](c1ccccc1)[C@@H](c1ccccc1)N1CCN(C(=O)NC2CCCC2)CC1. The van der Waals surface area contributed by atoms with E-state index >= 15 is 0 Å². The van der Waals surface area contributed by atoms with Crippen LogP contribution in [0.2, 0.25) is 0 Å². The van der Waals surface area contributed by atoms with Crippen molar-refractivity contribution in [1.29, 1.82) is 0 Å². The largest absolute Gasteiger partial charge is 0.335 e. The third-order valence-corrected chi connectivity index (χ3v) is 6.43. The Labute approximate surface area is 183 Å². The lowest BCUT2D eigenvalue weighted by Gasteiger charge is -2.41. The van der Waals surface area contributed by atoms with Crippen LogP contribution in [0.5, 0.6) is 0 Å². The van der Waals surface area contributed by atoms with Crippen LogP contribution in [-0.2, 0) is 0 Å². The van der Waals surface area contributed by atoms with E-state index < -0.39 is 0 Å². The molecule has 2 fully saturated rings. The van der Waals surface area contributed by atoms with E-state index in [1.165, 1.54) is 12.8 Å². The van der Waals surface area contributed by atoms with Gasteiger partial charge in [0, 0.05) is 43.2 Å². The van der Waals surface area contributed by atoms with Crippen LogP contribution in [0.4, 0.5) is 4.79 Å². The summed E-state index contributed by atoms with van der Waals surface area (Å²) in [4.78, 5) is 20.1. The van der Waals surface area contributed by atoms with Crippen molar-refractivity contribution in [2.45, 2.75) is 43.8 Å². The maximum absolute atomic E-state index is 12.7. The van der Waals surface area contributed by atoms with Gasteiger partial charge in [-0.15, -0.1) is 0 Å². The van der Waals surface area contributed by atoms with Crippen molar-refractivity contribution in [3.05, 3.63) is 82.2 Å². The van der Waals surface area contributed by atoms with Crippen LogP contribution in [0.25, 0.3) is 10.4 Å². The van der Waals surface area contributed by atoms with Crippen molar-refractivity contribution < 1.29 is 4.79 Å². The van der Waals surface area contributed by atoms with Gasteiger partial charge in [0.05, 0.1) is 6.04 Å². The highest BCUT2D eigenvalue weighted by atomic mass is 16.2. The topological polar surface area (TPSA) is 84.3 Å². The van der Waals surface area contributed by atoms with Gasteiger partial charge in [0.1, 0.15) is 0 Å². The number of carbonyl (C=O) groups is 1. The summed E-state index contributed by atoms with van der Waals surface area (Å²) in [7, 11) is 0. The van der Waals surface area contributed by atoms with Crippen molar-refractivity contribution in [2.24, 2.45) is 5.11 Å². The molecule has 0 aromatic heterocycles. The lowest BCUT2D eigenvalue weighted by Crippen LogP contribution is -2.54. The van der Waals surface area contributed by atoms with E-state index in [-0.39, 0.29) is 18.1 Å². The molecule has 0 radical (unpaired) electrons. The molecule has 0 bridgehead atoms. The molecule has 2 aromatic rings. The zero-order valence-electron chi connectivity index (χ0n) is 17.8. The van der Waals surface area contributed by atoms with Crippen LogP contribution in [0.3, 0.4) is 0 Å². The monoisotopic (exact) mass is 418 g/mol. The number of benzene rings is 2. The molecule has 1 saturated heterocycles. The van der Waals surface area contributed by atoms with Gasteiger partial charge in [-0.3, -0.25) is 4.90 Å². The van der Waals surface area contributed by atoms with Gasteiger partial charge in [-0.1, -0.05) is 78.6 Å². The van der Waals surface area contributed by atoms with Crippen LogP contribution < -0.4 is 5.32 Å². The number of piperazine rings is 1. The molecule has 1 heterocycles. The summed E-state index contributed by atoms with van der Waals surface area (Å²) in [6, 6.07) is 20.1. The second-order valence-corrected chi connectivity index (χ2v) is 8.37. The van der Waals surface area contributed by atoms with Gasteiger partial charge in [0.25, 0.3) is 0 Å². The lowest BCUT2D eigenvalue weighted by atomic mass is 9.92. The van der Waals surface area contributed by atoms with Gasteiger partial charge < -0.3 is 10.2 Å². The minimum absolute atomic E-state index is 0.0532. The summed E-state index contributed by atoms with van der Waals surface area (Å²) in [5, 5.41) is 7.41. The van der Waals surface area contributed by atoms with Crippen molar-refractivity contribution in [2.75, 3.05) is 26.2 Å². The van der Waals surface area contributed by atoms with Gasteiger partial charge in [-0.2, -0.15) is 0 Å². The van der Waals surface area contributed by atoms with E-state index in [0.717, 1.165) is 37.1 Å². The predicted molar refractivity (Wildman–Crippen MR) is 121 cm³/mol. The second kappa shape index (κ2) is 10.3. The molecular formula is C24H30N6O. The highest BCUT2D eigenvalue weighted by molar-refractivity contribution is 5.74. The molecule has 1 N–H and O–H groups in total. The average Bonchev–Trinajstić information content (AvgIpc) is 3.33. The normalized spacial score (nSPS) is 19.4. The predicted octanol–water partition coefficient (Wildman–Crippen LogP) is 5.05. The van der Waals surface area contributed by atoms with Crippen LogP contribution in [0, 0.1) is 0 Å². The number of hydrogen-bond acceptors (Lipinski definition) is 3. The number of nitrogens with one attached hydrogen (secondary N) is 1. The van der Waals surface area contributed by atoms with E-state index in [0.29, 0.717) is 19.1 Å². The summed E-state index contributed by atoms with van der Waals surface area (Å²) >= 11 is 0. The summed E-state index contributed by atoms with van der Waals surface area (Å²) in [6.07, 6.45) is 4.59. The smallest absolute Gasteiger partial charge is 0.317 e. The van der Waals surface area contributed by atoms with E-state index in [1.807, 2.05) is 53.4 Å². The highest BCUT2D eigenvalue weighted by Gasteiger charge is 2.33. The molecule has 2 atom stereocenters. The number of nitrogens with zero attached hydrogens (tertiary/aromatic N) is 5. The lowest BCUT2D eigenvalue weighted by molar-refractivity contribution is 0.0953. The Morgan fingerprint density at radius 1 is 0.935 bits per heavy atom. The first-order chi connectivity index (χ1) is 15.3. The molecule has 4 rings (SSSR count). The van der Waals surface area contributed by atoms with Crippen LogP contribution in [0.1, 0.15) is 48.9 Å². The molecule has 2 aliphatic rings. The Bertz CT molecular complexity index is 885. The molecule has 162 valence electrons. The van der Waals surface area contributed by atoms with E-state index in [4.69, 9.17) is 0 Å². The zero-order valence-corrected chi connectivity index (χ0v) is 17.8. The van der Waals surface area contributed by atoms with Gasteiger partial charge in [-0.05, 0) is 29.5 Å². The number of azide groups is 1. The molecular weight excluding hydrogens is 388 g/mol. The van der Waals surface area contributed by atoms with Gasteiger partial charge in [-0.25, -0.2) is 4.79 Å². The molecule has 0 unspecified atom stereocenters. The highest BCUT2D eigenvalue weighted by Crippen LogP contribution is 2.37. The quantitative estimate of drug-likeness (QED) is 0.404. The maximum atomic E-state index is 12.7. The minimum Gasteiger partial charge on any atom is -0.335 e. The molecule has 7 heteroatoms. The van der Waals surface area contributed by atoms with Crippen molar-refractivity contribution >= 4 is 6.03 Å². The molecule has 7 nitrogen and oxygen atoms in total. The molecule has 2 aromatic carbocycles. The number of carbonyl (C=O) groups excluding carboxylic acids is 1. The third kappa shape index (κ3) is 5.19. The molecule has 0 spiro atoms. The van der Waals surface area contributed by atoms with Crippen molar-refractivity contribution in [3.63, 3.8) is 0 Å². The standard InChI is InChI=1S/C24H30N6O/c25-28-27-22(19-9-3-1-4-10-19)23(20-11-5-2-6-12-20)29-15-17-30(18-16-29)24(31)26-21-13-7-8-14-21/h1-6,9-12,21-23H,7-8,13-18H2,(H,26,31)/t22-,23+/m0/s1. The van der Waals surface area contributed by atoms with Crippen molar-refractivity contribution in [1.82, 2.24) is 15.1 Å². The second-order valence-electron chi connectivity index (χ2n) is 8.37. The van der Waals surface area contributed by atoms with Crippen molar-refractivity contribution in [3.8, 4) is 0 Å². The third-order valence-electron chi connectivity index (χ3n) is 6.43. The fraction of sp³-hybridized carbons (Fsp3) is 0.458. The molecule has 2 amide bonds. The molecule has 1 aliphatic heterocycles. The van der Waals surface area contributed by atoms with Gasteiger partial charge in [0.2, 0.25) is 0 Å². The first-order valence-corrected chi connectivity index (χ1v) is 11.2. The Morgan fingerprint density at radius 3 is 2.10 bits per heavy atom. The number of urea groups is 1. The first kappa shape index (κ1) is 21.2. The molecule has 31 heavy (non-hydrogen) atoms. The summed E-state index contributed by atoms with van der Waals surface area (Å²) < 4.78 is 0. The van der Waals surface area contributed by atoms with E-state index in [9.17, 15) is 10.3 Å². The number of rotatable bonds is 6. The first-order valence-electron chi connectivity index (χ1n) is 11.2. The summed E-state index contributed by atoms with van der Waals surface area (Å²) in [5.41, 5.74) is 11.4. The minimum atomic E-state index is -0.340. The number of hydrogen-bond donors (Lipinski definition) is 1. The number of amides is 2. The average molecular weight is 419 g/mol. The van der Waals surface area contributed by atoms with E-state index in [1.54, 1.807) is 0 Å². The summed E-state index contributed by atoms with van der Waals surface area (Å²) in [5.74, 6) is 0. The van der Waals surface area contributed by atoms with Crippen LogP contribution in [-0.4, -0.2) is 48.1 Å². The molecule has 1 aliphatic carbocycles. The Morgan fingerprint density at radius 2 is 1.52 bits per heavy atom. The zero-order chi connectivity index (χ0) is 21.5. The van der Waals surface area contributed by atoms with Gasteiger partial charge >= 0.3 is 6.03 Å². The fourth-order valence-electron chi connectivity index (χ4n) is 4.80.